The second kappa shape index (κ2) is 8.24. The van der Waals surface area contributed by atoms with Gasteiger partial charge in [0.05, 0.1) is 5.57 Å². The maximum absolute atomic E-state index is 13.2. The van der Waals surface area contributed by atoms with E-state index in [1.54, 1.807) is 0 Å². The molecule has 2 aliphatic heterocycles. The van der Waals surface area contributed by atoms with Gasteiger partial charge in [0.2, 0.25) is 0 Å². The first-order valence-corrected chi connectivity index (χ1v) is 10.5. The summed E-state index contributed by atoms with van der Waals surface area (Å²) in [6, 6.07) is 20.1. The zero-order valence-electron chi connectivity index (χ0n) is 17.2. The molecule has 0 aliphatic carbocycles. The predicted molar refractivity (Wildman–Crippen MR) is 115 cm³/mol. The summed E-state index contributed by atoms with van der Waals surface area (Å²) in [4.78, 5) is 29.9. The molecule has 2 aliphatic rings. The number of likely N-dealkylation sites (tertiary alicyclic amines) is 1. The van der Waals surface area contributed by atoms with Crippen LogP contribution in [0.25, 0.3) is 5.57 Å². The summed E-state index contributed by atoms with van der Waals surface area (Å²) in [7, 11) is 0. The van der Waals surface area contributed by atoms with Crippen molar-refractivity contribution in [2.75, 3.05) is 13.1 Å². The summed E-state index contributed by atoms with van der Waals surface area (Å²) in [6.45, 7) is 5.42. The number of hydrogen-bond donors (Lipinski definition) is 0. The first-order chi connectivity index (χ1) is 14.1. The number of imide groups is 1. The number of benzene rings is 2. The van der Waals surface area contributed by atoms with Gasteiger partial charge in [-0.05, 0) is 50.2 Å². The SMILES string of the molecule is CC(C)N1C(=O)C(c2ccccc2)=C(N2CCC(Cc3ccccc3)CC2)C1=O. The molecular formula is C25H28N2O2. The minimum absolute atomic E-state index is 0.148. The molecule has 29 heavy (non-hydrogen) atoms. The van der Waals surface area contributed by atoms with Crippen molar-refractivity contribution in [2.45, 2.75) is 39.2 Å². The lowest BCUT2D eigenvalue weighted by molar-refractivity contribution is -0.139. The third-order valence-corrected chi connectivity index (χ3v) is 5.97. The Balaban J connectivity index is 1.57. The minimum atomic E-state index is -0.169. The third kappa shape index (κ3) is 3.84. The lowest BCUT2D eigenvalue weighted by Gasteiger charge is -2.34. The number of hydrogen-bond acceptors (Lipinski definition) is 3. The zero-order valence-corrected chi connectivity index (χ0v) is 17.2. The standard InChI is InChI=1S/C25H28N2O2/c1-18(2)27-24(28)22(21-11-7-4-8-12-21)23(25(27)29)26-15-13-20(14-16-26)17-19-9-5-3-6-10-19/h3-12,18,20H,13-17H2,1-2H3. The maximum atomic E-state index is 13.2. The molecule has 1 saturated heterocycles. The molecule has 0 N–H and O–H groups in total. The summed E-state index contributed by atoms with van der Waals surface area (Å²) in [5.74, 6) is 0.297. The van der Waals surface area contributed by atoms with Crippen LogP contribution in [0.3, 0.4) is 0 Å². The number of rotatable bonds is 5. The average Bonchev–Trinajstić information content (AvgIpc) is 3.00. The molecule has 0 spiro atoms. The number of carbonyl (C=O) groups is 2. The van der Waals surface area contributed by atoms with Gasteiger partial charge in [-0.15, -0.1) is 0 Å². The topological polar surface area (TPSA) is 40.6 Å². The Morgan fingerprint density at radius 1 is 0.862 bits per heavy atom. The van der Waals surface area contributed by atoms with E-state index in [-0.39, 0.29) is 17.9 Å². The maximum Gasteiger partial charge on any atom is 0.278 e. The number of amides is 2. The Morgan fingerprint density at radius 2 is 1.45 bits per heavy atom. The quantitative estimate of drug-likeness (QED) is 0.723. The van der Waals surface area contributed by atoms with Crippen molar-refractivity contribution < 1.29 is 9.59 Å². The highest BCUT2D eigenvalue weighted by molar-refractivity contribution is 6.35. The van der Waals surface area contributed by atoms with E-state index in [9.17, 15) is 9.59 Å². The van der Waals surface area contributed by atoms with Crippen molar-refractivity contribution in [3.63, 3.8) is 0 Å². The molecule has 1 fully saturated rings. The van der Waals surface area contributed by atoms with Crippen LogP contribution in [0.2, 0.25) is 0 Å². The van der Waals surface area contributed by atoms with Gasteiger partial charge in [-0.25, -0.2) is 0 Å². The largest absolute Gasteiger partial charge is 0.366 e. The zero-order chi connectivity index (χ0) is 20.4. The van der Waals surface area contributed by atoms with Gasteiger partial charge in [0, 0.05) is 19.1 Å². The molecule has 0 aromatic heterocycles. The van der Waals surface area contributed by atoms with Gasteiger partial charge in [0.15, 0.2) is 0 Å². The van der Waals surface area contributed by atoms with E-state index >= 15 is 0 Å². The molecule has 0 bridgehead atoms. The Labute approximate surface area is 172 Å². The van der Waals surface area contributed by atoms with Gasteiger partial charge >= 0.3 is 0 Å². The molecule has 2 heterocycles. The van der Waals surface area contributed by atoms with Gasteiger partial charge in [0.25, 0.3) is 11.8 Å². The smallest absolute Gasteiger partial charge is 0.278 e. The minimum Gasteiger partial charge on any atom is -0.366 e. The fourth-order valence-electron chi connectivity index (χ4n) is 4.47. The van der Waals surface area contributed by atoms with E-state index in [0.29, 0.717) is 17.2 Å². The number of piperidine rings is 1. The first-order valence-electron chi connectivity index (χ1n) is 10.5. The van der Waals surface area contributed by atoms with E-state index < -0.39 is 0 Å². The van der Waals surface area contributed by atoms with Gasteiger partial charge < -0.3 is 4.90 Å². The Bertz CT molecular complexity index is 910. The monoisotopic (exact) mass is 388 g/mol. The van der Waals surface area contributed by atoms with Gasteiger partial charge in [-0.2, -0.15) is 0 Å². The molecule has 150 valence electrons. The Kier molecular flexibility index (Phi) is 5.52. The van der Waals surface area contributed by atoms with Crippen molar-refractivity contribution in [2.24, 2.45) is 5.92 Å². The average molecular weight is 389 g/mol. The summed E-state index contributed by atoms with van der Waals surface area (Å²) < 4.78 is 0. The van der Waals surface area contributed by atoms with Crippen LogP contribution in [-0.4, -0.2) is 40.7 Å². The van der Waals surface area contributed by atoms with Crippen LogP contribution in [0.5, 0.6) is 0 Å². The van der Waals surface area contributed by atoms with E-state index in [2.05, 4.69) is 29.2 Å². The molecule has 4 heteroatoms. The van der Waals surface area contributed by atoms with E-state index in [4.69, 9.17) is 0 Å². The van der Waals surface area contributed by atoms with Crippen LogP contribution in [-0.2, 0) is 16.0 Å². The second-order valence-electron chi connectivity index (χ2n) is 8.28. The van der Waals surface area contributed by atoms with Crippen LogP contribution in [0, 0.1) is 5.92 Å². The normalized spacial score (nSPS) is 18.3. The van der Waals surface area contributed by atoms with Gasteiger partial charge in [0.1, 0.15) is 5.70 Å². The molecule has 2 aromatic rings. The van der Waals surface area contributed by atoms with Crippen LogP contribution < -0.4 is 0 Å². The van der Waals surface area contributed by atoms with E-state index in [1.165, 1.54) is 10.5 Å². The molecule has 0 atom stereocenters. The third-order valence-electron chi connectivity index (χ3n) is 5.97. The van der Waals surface area contributed by atoms with Crippen molar-refractivity contribution in [3.8, 4) is 0 Å². The Morgan fingerprint density at radius 3 is 2.03 bits per heavy atom. The molecular weight excluding hydrogens is 360 g/mol. The van der Waals surface area contributed by atoms with Crippen LogP contribution in [0.4, 0.5) is 0 Å². The first kappa shape index (κ1) is 19.4. The lowest BCUT2D eigenvalue weighted by Crippen LogP contribution is -2.41. The highest BCUT2D eigenvalue weighted by Crippen LogP contribution is 2.35. The lowest BCUT2D eigenvalue weighted by atomic mass is 9.89. The summed E-state index contributed by atoms with van der Waals surface area (Å²) in [5, 5.41) is 0. The van der Waals surface area contributed by atoms with Crippen molar-refractivity contribution in [1.29, 1.82) is 0 Å². The highest BCUT2D eigenvalue weighted by atomic mass is 16.2. The molecule has 0 unspecified atom stereocenters. The van der Waals surface area contributed by atoms with Crippen molar-refractivity contribution in [1.82, 2.24) is 9.80 Å². The van der Waals surface area contributed by atoms with Gasteiger partial charge in [-0.1, -0.05) is 60.7 Å². The van der Waals surface area contributed by atoms with Crippen molar-refractivity contribution in [3.05, 3.63) is 77.5 Å². The highest BCUT2D eigenvalue weighted by Gasteiger charge is 2.43. The fourth-order valence-corrected chi connectivity index (χ4v) is 4.47. The molecule has 0 radical (unpaired) electrons. The van der Waals surface area contributed by atoms with Crippen LogP contribution >= 0.6 is 0 Å². The van der Waals surface area contributed by atoms with Crippen LogP contribution in [0.1, 0.15) is 37.8 Å². The van der Waals surface area contributed by atoms with E-state index in [1.807, 2.05) is 50.2 Å². The molecule has 4 nitrogen and oxygen atoms in total. The summed E-state index contributed by atoms with van der Waals surface area (Å²) in [5.41, 5.74) is 3.35. The van der Waals surface area contributed by atoms with Gasteiger partial charge in [-0.3, -0.25) is 14.5 Å². The number of carbonyl (C=O) groups excluding carboxylic acids is 2. The molecule has 4 rings (SSSR count). The second-order valence-corrected chi connectivity index (χ2v) is 8.28. The number of nitrogens with zero attached hydrogens (tertiary/aromatic N) is 2. The Hall–Kier alpha value is -2.88. The van der Waals surface area contributed by atoms with E-state index in [0.717, 1.165) is 37.9 Å². The summed E-state index contributed by atoms with van der Waals surface area (Å²) >= 11 is 0. The fraction of sp³-hybridized carbons (Fsp3) is 0.360. The summed E-state index contributed by atoms with van der Waals surface area (Å²) in [6.07, 6.45) is 3.14. The molecule has 2 aromatic carbocycles. The van der Waals surface area contributed by atoms with Crippen LogP contribution in [0.15, 0.2) is 66.4 Å². The molecule has 0 saturated carbocycles. The molecule has 2 amide bonds. The predicted octanol–water partition coefficient (Wildman–Crippen LogP) is 4.13. The van der Waals surface area contributed by atoms with Crippen molar-refractivity contribution >= 4 is 17.4 Å².